The van der Waals surface area contributed by atoms with Crippen LogP contribution in [0.2, 0.25) is 0 Å². The van der Waals surface area contributed by atoms with Crippen molar-refractivity contribution in [3.63, 3.8) is 0 Å². The van der Waals surface area contributed by atoms with E-state index in [4.69, 9.17) is 0 Å². The van der Waals surface area contributed by atoms with Crippen LogP contribution in [0.4, 0.5) is 0 Å². The molecule has 1 fully saturated rings. The van der Waals surface area contributed by atoms with Gasteiger partial charge in [0.05, 0.1) is 28.1 Å². The minimum absolute atomic E-state index is 0.0768. The molecule has 130 valence electrons. The average Bonchev–Trinajstić information content (AvgIpc) is 3.13. The topological polar surface area (TPSA) is 81.1 Å². The van der Waals surface area contributed by atoms with Gasteiger partial charge in [-0.3, -0.25) is 9.48 Å². The fourth-order valence-electron chi connectivity index (χ4n) is 2.76. The zero-order valence-electron chi connectivity index (χ0n) is 13.9. The lowest BCUT2D eigenvalue weighted by molar-refractivity contribution is 0.0913. The lowest BCUT2D eigenvalue weighted by Crippen LogP contribution is -2.40. The van der Waals surface area contributed by atoms with Crippen molar-refractivity contribution in [1.82, 2.24) is 15.1 Å². The first-order chi connectivity index (χ1) is 11.1. The average molecular weight is 367 g/mol. The number of nitrogens with zero attached hydrogens (tertiary/aromatic N) is 2. The van der Waals surface area contributed by atoms with Gasteiger partial charge >= 0.3 is 0 Å². The SMILES string of the molecule is CC(C)(C)NC(=O)c1cc(-c2cccs2)n([C@H]2CCS(=O)(=O)C2)n1. The third-order valence-electron chi connectivity index (χ3n) is 3.78. The highest BCUT2D eigenvalue weighted by Gasteiger charge is 2.32. The number of aromatic nitrogens is 2. The molecular weight excluding hydrogens is 346 g/mol. The zero-order valence-corrected chi connectivity index (χ0v) is 15.6. The molecule has 24 heavy (non-hydrogen) atoms. The van der Waals surface area contributed by atoms with Gasteiger partial charge in [0, 0.05) is 5.54 Å². The molecule has 1 aliphatic rings. The van der Waals surface area contributed by atoms with E-state index in [2.05, 4.69) is 10.4 Å². The molecule has 0 spiro atoms. The molecule has 8 heteroatoms. The molecule has 0 radical (unpaired) electrons. The Balaban J connectivity index is 1.99. The number of hydrogen-bond acceptors (Lipinski definition) is 5. The summed E-state index contributed by atoms with van der Waals surface area (Å²) in [5.74, 6) is -0.00176. The summed E-state index contributed by atoms with van der Waals surface area (Å²) in [5.41, 5.74) is 0.754. The van der Waals surface area contributed by atoms with E-state index in [1.807, 2.05) is 38.3 Å². The Morgan fingerprint density at radius 1 is 1.42 bits per heavy atom. The second-order valence-electron chi connectivity index (χ2n) is 7.10. The Morgan fingerprint density at radius 3 is 2.71 bits per heavy atom. The van der Waals surface area contributed by atoms with Gasteiger partial charge < -0.3 is 5.32 Å². The molecule has 1 saturated heterocycles. The first-order valence-corrected chi connectivity index (χ1v) is 10.5. The summed E-state index contributed by atoms with van der Waals surface area (Å²) in [6.45, 7) is 5.73. The molecule has 0 aliphatic carbocycles. The smallest absolute Gasteiger partial charge is 0.272 e. The summed E-state index contributed by atoms with van der Waals surface area (Å²) in [5, 5.41) is 9.29. The summed E-state index contributed by atoms with van der Waals surface area (Å²) in [7, 11) is -3.03. The third kappa shape index (κ3) is 3.70. The first kappa shape index (κ1) is 17.2. The summed E-state index contributed by atoms with van der Waals surface area (Å²) < 4.78 is 25.4. The highest BCUT2D eigenvalue weighted by Crippen LogP contribution is 2.32. The summed E-state index contributed by atoms with van der Waals surface area (Å²) >= 11 is 1.55. The summed E-state index contributed by atoms with van der Waals surface area (Å²) in [6.07, 6.45) is 0.530. The number of amides is 1. The lowest BCUT2D eigenvalue weighted by Gasteiger charge is -2.19. The second-order valence-corrected chi connectivity index (χ2v) is 10.3. The van der Waals surface area contributed by atoms with Gasteiger partial charge in [-0.15, -0.1) is 11.3 Å². The third-order valence-corrected chi connectivity index (χ3v) is 6.43. The Kier molecular flexibility index (Phi) is 4.29. The molecule has 3 rings (SSSR count). The van der Waals surface area contributed by atoms with Crippen LogP contribution in [-0.4, -0.2) is 41.2 Å². The van der Waals surface area contributed by atoms with Crippen LogP contribution in [0.25, 0.3) is 10.6 Å². The van der Waals surface area contributed by atoms with Crippen molar-refractivity contribution in [3.05, 3.63) is 29.3 Å². The first-order valence-electron chi connectivity index (χ1n) is 7.81. The number of carbonyl (C=O) groups is 1. The highest BCUT2D eigenvalue weighted by atomic mass is 32.2. The van der Waals surface area contributed by atoms with Crippen LogP contribution in [-0.2, 0) is 9.84 Å². The van der Waals surface area contributed by atoms with Crippen molar-refractivity contribution < 1.29 is 13.2 Å². The fraction of sp³-hybridized carbons (Fsp3) is 0.500. The van der Waals surface area contributed by atoms with Crippen molar-refractivity contribution in [2.24, 2.45) is 0 Å². The second kappa shape index (κ2) is 6.00. The molecule has 1 amide bonds. The van der Waals surface area contributed by atoms with Gasteiger partial charge in [0.1, 0.15) is 0 Å². The van der Waals surface area contributed by atoms with Crippen LogP contribution in [0.1, 0.15) is 43.7 Å². The van der Waals surface area contributed by atoms with E-state index in [-0.39, 0.29) is 29.0 Å². The Hall–Kier alpha value is -1.67. The number of sulfone groups is 1. The van der Waals surface area contributed by atoms with Crippen LogP contribution >= 0.6 is 11.3 Å². The van der Waals surface area contributed by atoms with Gasteiger partial charge in [0.15, 0.2) is 15.5 Å². The Bertz CT molecular complexity index is 846. The number of hydrogen-bond donors (Lipinski definition) is 1. The van der Waals surface area contributed by atoms with E-state index in [0.717, 1.165) is 10.6 Å². The highest BCUT2D eigenvalue weighted by molar-refractivity contribution is 7.91. The monoisotopic (exact) mass is 367 g/mol. The van der Waals surface area contributed by atoms with Gasteiger partial charge in [-0.25, -0.2) is 8.42 Å². The van der Waals surface area contributed by atoms with Gasteiger partial charge in [-0.2, -0.15) is 5.10 Å². The zero-order chi connectivity index (χ0) is 17.5. The molecule has 1 N–H and O–H groups in total. The van der Waals surface area contributed by atoms with Crippen molar-refractivity contribution in [1.29, 1.82) is 0 Å². The Morgan fingerprint density at radius 2 is 2.17 bits per heavy atom. The summed E-state index contributed by atoms with van der Waals surface area (Å²) in [6, 6.07) is 5.41. The molecule has 0 aromatic carbocycles. The molecule has 1 aliphatic heterocycles. The van der Waals surface area contributed by atoms with E-state index < -0.39 is 9.84 Å². The minimum atomic E-state index is -3.03. The lowest BCUT2D eigenvalue weighted by atomic mass is 10.1. The number of carbonyl (C=O) groups excluding carboxylic acids is 1. The normalized spacial score (nSPS) is 20.2. The van der Waals surface area contributed by atoms with Crippen LogP contribution in [0, 0.1) is 0 Å². The maximum Gasteiger partial charge on any atom is 0.272 e. The van der Waals surface area contributed by atoms with Gasteiger partial charge in [-0.05, 0) is 44.7 Å². The van der Waals surface area contributed by atoms with Crippen molar-refractivity contribution in [2.75, 3.05) is 11.5 Å². The van der Waals surface area contributed by atoms with E-state index in [1.54, 1.807) is 22.1 Å². The van der Waals surface area contributed by atoms with Crippen LogP contribution in [0.3, 0.4) is 0 Å². The molecule has 2 aromatic rings. The van der Waals surface area contributed by atoms with E-state index in [9.17, 15) is 13.2 Å². The number of rotatable bonds is 3. The fourth-order valence-corrected chi connectivity index (χ4v) is 5.19. The van der Waals surface area contributed by atoms with Gasteiger partial charge in [0.2, 0.25) is 0 Å². The minimum Gasteiger partial charge on any atom is -0.346 e. The van der Waals surface area contributed by atoms with Crippen molar-refractivity contribution in [2.45, 2.75) is 38.8 Å². The quantitative estimate of drug-likeness (QED) is 0.904. The largest absolute Gasteiger partial charge is 0.346 e. The van der Waals surface area contributed by atoms with Gasteiger partial charge in [-0.1, -0.05) is 6.07 Å². The van der Waals surface area contributed by atoms with E-state index >= 15 is 0 Å². The standard InChI is InChI=1S/C16H21N3O3S2/c1-16(2,3)17-15(20)12-9-13(14-5-4-7-23-14)19(18-12)11-6-8-24(21,22)10-11/h4-5,7,9,11H,6,8,10H2,1-3H3,(H,17,20)/t11-/m0/s1. The molecular formula is C16H21N3O3S2. The maximum absolute atomic E-state index is 12.4. The number of thiophene rings is 1. The van der Waals surface area contributed by atoms with Gasteiger partial charge in [0.25, 0.3) is 5.91 Å². The van der Waals surface area contributed by atoms with Crippen LogP contribution < -0.4 is 5.32 Å². The molecule has 0 unspecified atom stereocenters. The molecule has 0 bridgehead atoms. The van der Waals surface area contributed by atoms with E-state index in [1.165, 1.54) is 0 Å². The molecule has 3 heterocycles. The predicted molar refractivity (Wildman–Crippen MR) is 95.1 cm³/mol. The molecule has 1 atom stereocenters. The maximum atomic E-state index is 12.4. The molecule has 2 aromatic heterocycles. The van der Waals surface area contributed by atoms with Crippen LogP contribution in [0.5, 0.6) is 0 Å². The van der Waals surface area contributed by atoms with Crippen LogP contribution in [0.15, 0.2) is 23.6 Å². The number of nitrogens with one attached hydrogen (secondary N) is 1. The van der Waals surface area contributed by atoms with E-state index in [0.29, 0.717) is 12.1 Å². The molecule has 0 saturated carbocycles. The van der Waals surface area contributed by atoms with Crippen molar-refractivity contribution in [3.8, 4) is 10.6 Å². The summed E-state index contributed by atoms with van der Waals surface area (Å²) in [4.78, 5) is 13.4. The predicted octanol–water partition coefficient (Wildman–Crippen LogP) is 2.50. The van der Waals surface area contributed by atoms with Crippen molar-refractivity contribution >= 4 is 27.1 Å². The molecule has 6 nitrogen and oxygen atoms in total. The Labute approximate surface area is 145 Å².